The van der Waals surface area contributed by atoms with Gasteiger partial charge in [0.25, 0.3) is 5.69 Å². The molecule has 0 aliphatic heterocycles. The van der Waals surface area contributed by atoms with Crippen molar-refractivity contribution in [1.82, 2.24) is 4.57 Å². The number of hydrogen-bond donors (Lipinski definition) is 1. The normalized spacial score (nSPS) is 10.6. The van der Waals surface area contributed by atoms with Gasteiger partial charge in [0, 0.05) is 30.0 Å². The van der Waals surface area contributed by atoms with E-state index >= 15 is 0 Å². The predicted molar refractivity (Wildman–Crippen MR) is 105 cm³/mol. The van der Waals surface area contributed by atoms with Crippen molar-refractivity contribution >= 4 is 40.1 Å². The Bertz CT molecular complexity index is 1130. The lowest BCUT2D eigenvalue weighted by molar-refractivity contribution is -0.384. The monoisotopic (exact) mass is 395 g/mol. The number of nitro benzene ring substituents is 1. The van der Waals surface area contributed by atoms with Crippen LogP contribution in [0, 0.1) is 10.1 Å². The van der Waals surface area contributed by atoms with Gasteiger partial charge < -0.3 is 10.1 Å². The average Bonchev–Trinajstić information content (AvgIpc) is 3.01. The number of ether oxygens (including phenoxy) is 1. The summed E-state index contributed by atoms with van der Waals surface area (Å²) in [5.74, 6) is -1.00. The van der Waals surface area contributed by atoms with Gasteiger partial charge in [0.15, 0.2) is 0 Å². The summed E-state index contributed by atoms with van der Waals surface area (Å²) in [7, 11) is 0. The minimum absolute atomic E-state index is 0.0296. The molecule has 3 rings (SSSR count). The van der Waals surface area contributed by atoms with Crippen molar-refractivity contribution in [3.63, 3.8) is 0 Å². The number of nitrogens with zero attached hydrogens (tertiary/aromatic N) is 2. The van der Waals surface area contributed by atoms with Crippen molar-refractivity contribution in [3.8, 4) is 0 Å². The molecule has 0 bridgehead atoms. The third-order valence-electron chi connectivity index (χ3n) is 4.17. The molecular formula is C20H17N3O6. The standard InChI is InChI=1S/C20H17N3O6/c1-3-29-20(26)22-16-11-14(23(27)28)9-10-15(16)17(21-12(2)24)18(22)19(25)13-7-5-4-6-8-13/h4-11H,3H2,1-2H3,(H,21,24). The van der Waals surface area contributed by atoms with Crippen molar-refractivity contribution in [2.45, 2.75) is 13.8 Å². The maximum Gasteiger partial charge on any atom is 0.419 e. The summed E-state index contributed by atoms with van der Waals surface area (Å²) in [6.45, 7) is 2.89. The molecule has 9 nitrogen and oxygen atoms in total. The van der Waals surface area contributed by atoms with E-state index < -0.39 is 22.7 Å². The summed E-state index contributed by atoms with van der Waals surface area (Å²) in [4.78, 5) is 48.4. The number of amides is 1. The fraction of sp³-hybridized carbons (Fsp3) is 0.150. The number of carbonyl (C=O) groups excluding carboxylic acids is 3. The van der Waals surface area contributed by atoms with E-state index in [1.165, 1.54) is 25.1 Å². The Balaban J connectivity index is 2.40. The Morgan fingerprint density at radius 3 is 2.41 bits per heavy atom. The highest BCUT2D eigenvalue weighted by atomic mass is 16.6. The second kappa shape index (κ2) is 7.93. The molecule has 148 valence electrons. The number of rotatable bonds is 5. The van der Waals surface area contributed by atoms with Crippen LogP contribution in [0.2, 0.25) is 0 Å². The molecule has 9 heteroatoms. The number of fused-ring (bicyclic) bond motifs is 1. The van der Waals surface area contributed by atoms with Gasteiger partial charge in [-0.05, 0) is 13.0 Å². The Labute approximate surface area is 165 Å². The average molecular weight is 395 g/mol. The minimum atomic E-state index is -0.881. The van der Waals surface area contributed by atoms with Gasteiger partial charge >= 0.3 is 6.09 Å². The molecule has 1 aromatic heterocycles. The lowest BCUT2D eigenvalue weighted by Crippen LogP contribution is -2.21. The summed E-state index contributed by atoms with van der Waals surface area (Å²) in [5.41, 5.74) is 0.0425. The molecule has 0 unspecified atom stereocenters. The van der Waals surface area contributed by atoms with Crippen molar-refractivity contribution in [2.75, 3.05) is 11.9 Å². The van der Waals surface area contributed by atoms with Gasteiger partial charge in [-0.1, -0.05) is 30.3 Å². The number of nitrogens with one attached hydrogen (secondary N) is 1. The topological polar surface area (TPSA) is 121 Å². The molecule has 0 saturated heterocycles. The van der Waals surface area contributed by atoms with E-state index in [2.05, 4.69) is 5.32 Å². The van der Waals surface area contributed by atoms with Crippen LogP contribution in [-0.2, 0) is 9.53 Å². The fourth-order valence-electron chi connectivity index (χ4n) is 3.01. The number of aromatic nitrogens is 1. The molecular weight excluding hydrogens is 378 g/mol. The van der Waals surface area contributed by atoms with E-state index in [4.69, 9.17) is 4.74 Å². The van der Waals surface area contributed by atoms with Gasteiger partial charge in [-0.3, -0.25) is 19.7 Å². The number of nitro groups is 1. The molecule has 0 atom stereocenters. The van der Waals surface area contributed by atoms with Crippen LogP contribution in [0.3, 0.4) is 0 Å². The van der Waals surface area contributed by atoms with Gasteiger partial charge in [-0.25, -0.2) is 9.36 Å². The largest absolute Gasteiger partial charge is 0.449 e. The third kappa shape index (κ3) is 3.70. The first kappa shape index (κ1) is 19.7. The van der Waals surface area contributed by atoms with E-state index in [0.717, 1.165) is 4.57 Å². The molecule has 29 heavy (non-hydrogen) atoms. The zero-order valence-electron chi connectivity index (χ0n) is 15.7. The van der Waals surface area contributed by atoms with E-state index in [1.807, 2.05) is 0 Å². The summed E-state index contributed by atoms with van der Waals surface area (Å²) in [6.07, 6.45) is -0.881. The number of hydrogen-bond acceptors (Lipinski definition) is 6. The molecule has 0 radical (unpaired) electrons. The van der Waals surface area contributed by atoms with Crippen LogP contribution in [0.4, 0.5) is 16.2 Å². The Hall–Kier alpha value is -4.01. The minimum Gasteiger partial charge on any atom is -0.449 e. The molecule has 0 aliphatic rings. The van der Waals surface area contributed by atoms with Gasteiger partial charge in [0.05, 0.1) is 22.7 Å². The van der Waals surface area contributed by atoms with Crippen LogP contribution in [-0.4, -0.2) is 33.9 Å². The first-order valence-electron chi connectivity index (χ1n) is 8.72. The number of benzene rings is 2. The molecule has 0 spiro atoms. The van der Waals surface area contributed by atoms with E-state index in [0.29, 0.717) is 5.39 Å². The van der Waals surface area contributed by atoms with Gasteiger partial charge in [0.2, 0.25) is 11.7 Å². The molecule has 0 saturated carbocycles. The number of anilines is 1. The molecule has 1 heterocycles. The summed E-state index contributed by atoms with van der Waals surface area (Å²) in [5, 5.41) is 14.1. The quantitative estimate of drug-likeness (QED) is 0.399. The van der Waals surface area contributed by atoms with Crippen molar-refractivity contribution in [1.29, 1.82) is 0 Å². The maximum atomic E-state index is 13.3. The number of non-ortho nitro benzene ring substituents is 1. The van der Waals surface area contributed by atoms with Crippen LogP contribution < -0.4 is 5.32 Å². The third-order valence-corrected chi connectivity index (χ3v) is 4.17. The summed E-state index contributed by atoms with van der Waals surface area (Å²) >= 11 is 0. The molecule has 1 amide bonds. The summed E-state index contributed by atoms with van der Waals surface area (Å²) in [6, 6.07) is 12.0. The molecule has 0 fully saturated rings. The number of carbonyl (C=O) groups is 3. The highest BCUT2D eigenvalue weighted by molar-refractivity contribution is 6.21. The second-order valence-electron chi connectivity index (χ2n) is 6.09. The lowest BCUT2D eigenvalue weighted by atomic mass is 10.1. The Morgan fingerprint density at radius 2 is 1.83 bits per heavy atom. The zero-order chi connectivity index (χ0) is 21.1. The van der Waals surface area contributed by atoms with Crippen LogP contribution >= 0.6 is 0 Å². The highest BCUT2D eigenvalue weighted by Gasteiger charge is 2.29. The van der Waals surface area contributed by atoms with E-state index in [9.17, 15) is 24.5 Å². The van der Waals surface area contributed by atoms with Crippen LogP contribution in [0.5, 0.6) is 0 Å². The van der Waals surface area contributed by atoms with Crippen molar-refractivity contribution in [2.24, 2.45) is 0 Å². The van der Waals surface area contributed by atoms with Crippen LogP contribution in [0.15, 0.2) is 48.5 Å². The first-order valence-corrected chi connectivity index (χ1v) is 8.72. The second-order valence-corrected chi connectivity index (χ2v) is 6.09. The maximum absolute atomic E-state index is 13.3. The Morgan fingerprint density at radius 1 is 1.14 bits per heavy atom. The van der Waals surface area contributed by atoms with Gasteiger partial charge in [-0.15, -0.1) is 0 Å². The van der Waals surface area contributed by atoms with Crippen LogP contribution in [0.1, 0.15) is 29.9 Å². The summed E-state index contributed by atoms with van der Waals surface area (Å²) < 4.78 is 6.04. The molecule has 2 aromatic carbocycles. The lowest BCUT2D eigenvalue weighted by Gasteiger charge is -2.10. The van der Waals surface area contributed by atoms with E-state index in [-0.39, 0.29) is 34.8 Å². The number of ketones is 1. The highest BCUT2D eigenvalue weighted by Crippen LogP contribution is 2.35. The van der Waals surface area contributed by atoms with Crippen molar-refractivity contribution < 1.29 is 24.0 Å². The first-order chi connectivity index (χ1) is 13.8. The fourth-order valence-corrected chi connectivity index (χ4v) is 3.01. The Kier molecular flexibility index (Phi) is 5.40. The van der Waals surface area contributed by atoms with E-state index in [1.54, 1.807) is 37.3 Å². The molecule has 3 aromatic rings. The van der Waals surface area contributed by atoms with Crippen LogP contribution in [0.25, 0.3) is 10.9 Å². The van der Waals surface area contributed by atoms with Crippen molar-refractivity contribution in [3.05, 3.63) is 69.9 Å². The smallest absolute Gasteiger partial charge is 0.419 e. The predicted octanol–water partition coefficient (Wildman–Crippen LogP) is 3.74. The molecule has 1 N–H and O–H groups in total. The SMILES string of the molecule is CCOC(=O)n1c(C(=O)c2ccccc2)c(NC(C)=O)c2ccc([N+](=O)[O-])cc21. The van der Waals surface area contributed by atoms with Gasteiger partial charge in [-0.2, -0.15) is 0 Å². The zero-order valence-corrected chi connectivity index (χ0v) is 15.7. The van der Waals surface area contributed by atoms with Gasteiger partial charge in [0.1, 0.15) is 5.69 Å². The molecule has 0 aliphatic carbocycles.